The maximum absolute atomic E-state index is 9.76. The van der Waals surface area contributed by atoms with Crippen molar-refractivity contribution in [3.05, 3.63) is 23.0 Å². The summed E-state index contributed by atoms with van der Waals surface area (Å²) in [5.74, 6) is 0.549. The molecule has 0 radical (unpaired) electrons. The predicted molar refractivity (Wildman–Crippen MR) is 72.1 cm³/mol. The Morgan fingerprint density at radius 1 is 1.35 bits per heavy atom. The Labute approximate surface area is 105 Å². The fourth-order valence-corrected chi connectivity index (χ4v) is 2.11. The summed E-state index contributed by atoms with van der Waals surface area (Å²) in [6.45, 7) is 10.0. The van der Waals surface area contributed by atoms with Crippen molar-refractivity contribution in [2.45, 2.75) is 46.8 Å². The molecule has 98 valence electrons. The summed E-state index contributed by atoms with van der Waals surface area (Å²) in [7, 11) is 2.09. The first-order valence-corrected chi connectivity index (χ1v) is 6.42. The van der Waals surface area contributed by atoms with Gasteiger partial charge in [-0.15, -0.1) is 0 Å². The van der Waals surface area contributed by atoms with Crippen LogP contribution in [0.2, 0.25) is 0 Å². The molecular weight excluding hydrogens is 212 g/mol. The number of nitrogens with one attached hydrogen (secondary N) is 1. The number of aliphatic hydroxyl groups is 1. The van der Waals surface area contributed by atoms with Gasteiger partial charge in [0.25, 0.3) is 0 Å². The minimum atomic E-state index is -0.236. The molecule has 0 fully saturated rings. The van der Waals surface area contributed by atoms with Crippen LogP contribution in [0.25, 0.3) is 0 Å². The predicted octanol–water partition coefficient (Wildman–Crippen LogP) is 2.14. The molecule has 1 heterocycles. The van der Waals surface area contributed by atoms with E-state index >= 15 is 0 Å². The average Bonchev–Trinajstić information content (AvgIpc) is 2.45. The first kappa shape index (κ1) is 14.3. The van der Waals surface area contributed by atoms with E-state index in [1.807, 2.05) is 0 Å². The molecule has 0 aromatic carbocycles. The molecular formula is C14H26N2O. The quantitative estimate of drug-likeness (QED) is 0.796. The highest BCUT2D eigenvalue weighted by Gasteiger charge is 2.08. The summed E-state index contributed by atoms with van der Waals surface area (Å²) in [4.78, 5) is 0. The molecule has 1 unspecified atom stereocenters. The lowest BCUT2D eigenvalue weighted by Crippen LogP contribution is -2.27. The summed E-state index contributed by atoms with van der Waals surface area (Å²) in [6.07, 6.45) is 0.625. The molecule has 3 heteroatoms. The van der Waals surface area contributed by atoms with Gasteiger partial charge in [0.15, 0.2) is 0 Å². The van der Waals surface area contributed by atoms with E-state index in [1.54, 1.807) is 0 Å². The van der Waals surface area contributed by atoms with Crippen LogP contribution < -0.4 is 5.32 Å². The van der Waals surface area contributed by atoms with Crippen LogP contribution in [-0.2, 0) is 13.6 Å². The summed E-state index contributed by atoms with van der Waals surface area (Å²) in [6, 6.07) is 2.21. The monoisotopic (exact) mass is 238 g/mol. The Balaban J connectivity index is 2.38. The van der Waals surface area contributed by atoms with Crippen molar-refractivity contribution in [1.82, 2.24) is 9.88 Å². The summed E-state index contributed by atoms with van der Waals surface area (Å²) in [5.41, 5.74) is 3.90. The fraction of sp³-hybridized carbons (Fsp3) is 0.714. The molecule has 3 nitrogen and oxygen atoms in total. The van der Waals surface area contributed by atoms with Crippen LogP contribution in [0.4, 0.5) is 0 Å². The fourth-order valence-electron chi connectivity index (χ4n) is 2.11. The van der Waals surface area contributed by atoms with Gasteiger partial charge in [-0.3, -0.25) is 0 Å². The zero-order valence-corrected chi connectivity index (χ0v) is 11.7. The van der Waals surface area contributed by atoms with Gasteiger partial charge in [-0.25, -0.2) is 0 Å². The number of nitrogens with zero attached hydrogens (tertiary/aromatic N) is 1. The highest BCUT2D eigenvalue weighted by atomic mass is 16.3. The molecule has 1 rings (SSSR count). The number of hydrogen-bond donors (Lipinski definition) is 2. The molecule has 0 aliphatic rings. The van der Waals surface area contributed by atoms with Crippen molar-refractivity contribution in [1.29, 1.82) is 0 Å². The molecule has 17 heavy (non-hydrogen) atoms. The van der Waals surface area contributed by atoms with E-state index in [-0.39, 0.29) is 6.10 Å². The van der Waals surface area contributed by atoms with Gasteiger partial charge in [-0.2, -0.15) is 0 Å². The molecule has 0 aliphatic carbocycles. The minimum absolute atomic E-state index is 0.236. The minimum Gasteiger partial charge on any atom is -0.392 e. The first-order chi connectivity index (χ1) is 7.91. The standard InChI is InChI=1S/C14H26N2O/c1-10(2)6-14(17)9-15-8-13-7-11(3)16(5)12(13)4/h7,10,14-15,17H,6,8-9H2,1-5H3. The molecule has 0 aliphatic heterocycles. The molecule has 0 spiro atoms. The molecule has 0 amide bonds. The highest BCUT2D eigenvalue weighted by Crippen LogP contribution is 2.12. The number of aromatic nitrogens is 1. The lowest BCUT2D eigenvalue weighted by molar-refractivity contribution is 0.146. The van der Waals surface area contributed by atoms with Gasteiger partial charge in [0, 0.05) is 31.5 Å². The van der Waals surface area contributed by atoms with Crippen LogP contribution in [0.3, 0.4) is 0 Å². The van der Waals surface area contributed by atoms with E-state index in [0.717, 1.165) is 13.0 Å². The van der Waals surface area contributed by atoms with Crippen molar-refractivity contribution in [2.24, 2.45) is 13.0 Å². The van der Waals surface area contributed by atoms with E-state index < -0.39 is 0 Å². The van der Waals surface area contributed by atoms with E-state index in [1.165, 1.54) is 17.0 Å². The van der Waals surface area contributed by atoms with Crippen molar-refractivity contribution in [2.75, 3.05) is 6.54 Å². The molecule has 1 aromatic heterocycles. The van der Waals surface area contributed by atoms with Crippen molar-refractivity contribution >= 4 is 0 Å². The van der Waals surface area contributed by atoms with E-state index in [2.05, 4.69) is 50.7 Å². The van der Waals surface area contributed by atoms with Crippen LogP contribution >= 0.6 is 0 Å². The Morgan fingerprint density at radius 2 is 2.00 bits per heavy atom. The smallest absolute Gasteiger partial charge is 0.0667 e. The lowest BCUT2D eigenvalue weighted by Gasteiger charge is -2.13. The molecule has 1 atom stereocenters. The maximum atomic E-state index is 9.76. The van der Waals surface area contributed by atoms with Gasteiger partial charge < -0.3 is 15.0 Å². The van der Waals surface area contributed by atoms with Gasteiger partial charge in [-0.1, -0.05) is 13.8 Å². The van der Waals surface area contributed by atoms with Gasteiger partial charge >= 0.3 is 0 Å². The van der Waals surface area contributed by atoms with Crippen LogP contribution in [-0.4, -0.2) is 22.3 Å². The van der Waals surface area contributed by atoms with E-state index in [9.17, 15) is 5.11 Å². The van der Waals surface area contributed by atoms with Crippen LogP contribution in [0.5, 0.6) is 0 Å². The lowest BCUT2D eigenvalue weighted by atomic mass is 10.1. The maximum Gasteiger partial charge on any atom is 0.0667 e. The van der Waals surface area contributed by atoms with E-state index in [4.69, 9.17) is 0 Å². The molecule has 1 aromatic rings. The normalized spacial score (nSPS) is 13.4. The second-order valence-electron chi connectivity index (χ2n) is 5.37. The van der Waals surface area contributed by atoms with E-state index in [0.29, 0.717) is 12.5 Å². The summed E-state index contributed by atoms with van der Waals surface area (Å²) < 4.78 is 2.20. The Morgan fingerprint density at radius 3 is 2.47 bits per heavy atom. The first-order valence-electron chi connectivity index (χ1n) is 6.42. The third-order valence-electron chi connectivity index (χ3n) is 3.32. The molecule has 0 saturated heterocycles. The number of hydrogen-bond acceptors (Lipinski definition) is 2. The van der Waals surface area contributed by atoms with Gasteiger partial charge in [0.2, 0.25) is 0 Å². The number of aliphatic hydroxyl groups excluding tert-OH is 1. The molecule has 0 bridgehead atoms. The third kappa shape index (κ3) is 4.17. The summed E-state index contributed by atoms with van der Waals surface area (Å²) >= 11 is 0. The molecule has 0 saturated carbocycles. The topological polar surface area (TPSA) is 37.2 Å². The van der Waals surface area contributed by atoms with Gasteiger partial charge in [0.1, 0.15) is 0 Å². The Hall–Kier alpha value is -0.800. The Kier molecular flexibility index (Phi) is 5.22. The van der Waals surface area contributed by atoms with Gasteiger partial charge in [-0.05, 0) is 37.8 Å². The zero-order valence-electron chi connectivity index (χ0n) is 11.7. The largest absolute Gasteiger partial charge is 0.392 e. The van der Waals surface area contributed by atoms with Crippen LogP contribution in [0, 0.1) is 19.8 Å². The second kappa shape index (κ2) is 6.22. The second-order valence-corrected chi connectivity index (χ2v) is 5.37. The highest BCUT2D eigenvalue weighted by molar-refractivity contribution is 5.26. The zero-order chi connectivity index (χ0) is 13.0. The van der Waals surface area contributed by atoms with Crippen molar-refractivity contribution < 1.29 is 5.11 Å². The van der Waals surface area contributed by atoms with Crippen molar-refractivity contribution in [3.8, 4) is 0 Å². The number of rotatable bonds is 6. The Bertz CT molecular complexity index is 355. The third-order valence-corrected chi connectivity index (χ3v) is 3.32. The van der Waals surface area contributed by atoms with Crippen LogP contribution in [0.15, 0.2) is 6.07 Å². The summed E-state index contributed by atoms with van der Waals surface area (Å²) in [5, 5.41) is 13.1. The molecule has 2 N–H and O–H groups in total. The van der Waals surface area contributed by atoms with Crippen LogP contribution in [0.1, 0.15) is 37.2 Å². The SMILES string of the molecule is Cc1cc(CNCC(O)CC(C)C)c(C)n1C. The van der Waals surface area contributed by atoms with Crippen molar-refractivity contribution in [3.63, 3.8) is 0 Å². The number of aryl methyl sites for hydroxylation is 1. The average molecular weight is 238 g/mol. The van der Waals surface area contributed by atoms with Gasteiger partial charge in [0.05, 0.1) is 6.10 Å².